The Morgan fingerprint density at radius 1 is 1.50 bits per heavy atom. The van der Waals surface area contributed by atoms with Crippen LogP contribution in [0, 0.1) is 5.82 Å². The Balaban J connectivity index is 2.16. The standard InChI is InChI=1S/C13H17FN2O2/c1-9-7-16(8-10(6-15)18-9)13(17)11-4-2-3-5-12(11)14/h2-5,9-10H,6-8,15H2,1H3. The van der Waals surface area contributed by atoms with E-state index in [9.17, 15) is 9.18 Å². The van der Waals surface area contributed by atoms with E-state index in [1.165, 1.54) is 12.1 Å². The number of rotatable bonds is 2. The average Bonchev–Trinajstić information content (AvgIpc) is 2.37. The third-order valence-corrected chi connectivity index (χ3v) is 2.98. The maximum absolute atomic E-state index is 13.6. The molecule has 1 amide bonds. The molecule has 0 aromatic heterocycles. The van der Waals surface area contributed by atoms with Crippen LogP contribution in [0.5, 0.6) is 0 Å². The molecule has 0 spiro atoms. The van der Waals surface area contributed by atoms with E-state index in [0.717, 1.165) is 0 Å². The molecule has 5 heteroatoms. The number of hydrogen-bond acceptors (Lipinski definition) is 3. The highest BCUT2D eigenvalue weighted by molar-refractivity contribution is 5.94. The molecule has 2 rings (SSSR count). The number of nitrogens with zero attached hydrogens (tertiary/aromatic N) is 1. The summed E-state index contributed by atoms with van der Waals surface area (Å²) >= 11 is 0. The van der Waals surface area contributed by atoms with Gasteiger partial charge in [0.1, 0.15) is 5.82 Å². The van der Waals surface area contributed by atoms with Crippen molar-refractivity contribution < 1.29 is 13.9 Å². The van der Waals surface area contributed by atoms with E-state index >= 15 is 0 Å². The third kappa shape index (κ3) is 2.68. The average molecular weight is 252 g/mol. The van der Waals surface area contributed by atoms with Crippen molar-refractivity contribution in [3.8, 4) is 0 Å². The molecule has 0 saturated carbocycles. The van der Waals surface area contributed by atoms with Crippen LogP contribution in [0.4, 0.5) is 4.39 Å². The molecule has 18 heavy (non-hydrogen) atoms. The predicted molar refractivity (Wildman–Crippen MR) is 65.7 cm³/mol. The minimum atomic E-state index is -0.494. The van der Waals surface area contributed by atoms with Gasteiger partial charge in [0, 0.05) is 19.6 Å². The summed E-state index contributed by atoms with van der Waals surface area (Å²) in [7, 11) is 0. The number of halogens is 1. The number of ether oxygens (including phenoxy) is 1. The molecule has 0 radical (unpaired) electrons. The van der Waals surface area contributed by atoms with Gasteiger partial charge in [0.25, 0.3) is 5.91 Å². The van der Waals surface area contributed by atoms with Crippen molar-refractivity contribution in [3.05, 3.63) is 35.6 Å². The van der Waals surface area contributed by atoms with Gasteiger partial charge in [-0.15, -0.1) is 0 Å². The van der Waals surface area contributed by atoms with Crippen LogP contribution in [0.15, 0.2) is 24.3 Å². The molecule has 2 atom stereocenters. The van der Waals surface area contributed by atoms with Gasteiger partial charge in [0.2, 0.25) is 0 Å². The first-order valence-electron chi connectivity index (χ1n) is 6.01. The third-order valence-electron chi connectivity index (χ3n) is 2.98. The Hall–Kier alpha value is -1.46. The minimum Gasteiger partial charge on any atom is -0.370 e. The Morgan fingerprint density at radius 2 is 2.22 bits per heavy atom. The molecule has 0 aliphatic carbocycles. The van der Waals surface area contributed by atoms with Crippen LogP contribution in [0.1, 0.15) is 17.3 Å². The smallest absolute Gasteiger partial charge is 0.257 e. The molecule has 1 aromatic carbocycles. The van der Waals surface area contributed by atoms with Crippen molar-refractivity contribution in [2.45, 2.75) is 19.1 Å². The zero-order valence-corrected chi connectivity index (χ0v) is 10.3. The largest absolute Gasteiger partial charge is 0.370 e. The molecule has 2 N–H and O–H groups in total. The van der Waals surface area contributed by atoms with E-state index in [4.69, 9.17) is 10.5 Å². The van der Waals surface area contributed by atoms with E-state index in [-0.39, 0.29) is 23.7 Å². The topological polar surface area (TPSA) is 55.6 Å². The van der Waals surface area contributed by atoms with Crippen molar-refractivity contribution in [2.75, 3.05) is 19.6 Å². The first-order valence-corrected chi connectivity index (χ1v) is 6.01. The normalized spacial score (nSPS) is 24.1. The number of amides is 1. The molecule has 1 aliphatic heterocycles. The summed E-state index contributed by atoms with van der Waals surface area (Å²) in [5.41, 5.74) is 5.66. The monoisotopic (exact) mass is 252 g/mol. The highest BCUT2D eigenvalue weighted by Crippen LogP contribution is 2.15. The van der Waals surface area contributed by atoms with Crippen molar-refractivity contribution in [3.63, 3.8) is 0 Å². The van der Waals surface area contributed by atoms with Crippen LogP contribution < -0.4 is 5.73 Å². The molecule has 0 bridgehead atoms. The van der Waals surface area contributed by atoms with E-state index < -0.39 is 5.82 Å². The number of morpholine rings is 1. The van der Waals surface area contributed by atoms with E-state index in [0.29, 0.717) is 19.6 Å². The first-order chi connectivity index (χ1) is 8.61. The van der Waals surface area contributed by atoms with Gasteiger partial charge >= 0.3 is 0 Å². The maximum Gasteiger partial charge on any atom is 0.257 e. The number of carbonyl (C=O) groups excluding carboxylic acids is 1. The van der Waals surface area contributed by atoms with Crippen molar-refractivity contribution in [1.82, 2.24) is 4.90 Å². The lowest BCUT2D eigenvalue weighted by Gasteiger charge is -2.36. The lowest BCUT2D eigenvalue weighted by Crippen LogP contribution is -2.51. The van der Waals surface area contributed by atoms with Crippen LogP contribution in [0.3, 0.4) is 0 Å². The number of nitrogens with two attached hydrogens (primary N) is 1. The highest BCUT2D eigenvalue weighted by atomic mass is 19.1. The molecular formula is C13H17FN2O2. The quantitative estimate of drug-likeness (QED) is 0.854. The van der Waals surface area contributed by atoms with Crippen molar-refractivity contribution in [2.24, 2.45) is 5.73 Å². The van der Waals surface area contributed by atoms with Gasteiger partial charge in [-0.05, 0) is 19.1 Å². The molecule has 1 heterocycles. The van der Waals surface area contributed by atoms with E-state index in [1.54, 1.807) is 17.0 Å². The Kier molecular flexibility index (Phi) is 3.93. The molecule has 2 unspecified atom stereocenters. The second-order valence-electron chi connectivity index (χ2n) is 4.49. The summed E-state index contributed by atoms with van der Waals surface area (Å²) in [5.74, 6) is -0.798. The van der Waals surface area contributed by atoms with Gasteiger partial charge in [-0.1, -0.05) is 12.1 Å². The molecule has 1 fully saturated rings. The zero-order chi connectivity index (χ0) is 13.1. The van der Waals surface area contributed by atoms with E-state index in [2.05, 4.69) is 0 Å². The van der Waals surface area contributed by atoms with Gasteiger partial charge in [0.05, 0.1) is 17.8 Å². The summed E-state index contributed by atoms with van der Waals surface area (Å²) in [4.78, 5) is 13.8. The number of carbonyl (C=O) groups is 1. The summed E-state index contributed by atoms with van der Waals surface area (Å²) in [6.45, 7) is 3.10. The fraction of sp³-hybridized carbons (Fsp3) is 0.462. The molecule has 98 valence electrons. The Morgan fingerprint density at radius 3 is 2.89 bits per heavy atom. The lowest BCUT2D eigenvalue weighted by atomic mass is 10.1. The van der Waals surface area contributed by atoms with Gasteiger partial charge in [0.15, 0.2) is 0 Å². The van der Waals surface area contributed by atoms with Crippen molar-refractivity contribution >= 4 is 5.91 Å². The van der Waals surface area contributed by atoms with Gasteiger partial charge in [-0.25, -0.2) is 4.39 Å². The Bertz CT molecular complexity index is 439. The fourth-order valence-electron chi connectivity index (χ4n) is 2.15. The van der Waals surface area contributed by atoms with Crippen LogP contribution in [0.25, 0.3) is 0 Å². The minimum absolute atomic E-state index is 0.0805. The molecule has 4 nitrogen and oxygen atoms in total. The summed E-state index contributed by atoms with van der Waals surface area (Å²) in [5, 5.41) is 0. The summed E-state index contributed by atoms with van der Waals surface area (Å²) < 4.78 is 19.1. The predicted octanol–water partition coefficient (Wildman–Crippen LogP) is 1.01. The molecule has 1 aromatic rings. The van der Waals surface area contributed by atoms with Crippen LogP contribution in [-0.4, -0.2) is 42.6 Å². The van der Waals surface area contributed by atoms with Gasteiger partial charge in [-0.2, -0.15) is 0 Å². The maximum atomic E-state index is 13.6. The lowest BCUT2D eigenvalue weighted by molar-refractivity contribution is -0.0626. The van der Waals surface area contributed by atoms with E-state index in [1.807, 2.05) is 6.92 Å². The van der Waals surface area contributed by atoms with Crippen molar-refractivity contribution in [1.29, 1.82) is 0 Å². The van der Waals surface area contributed by atoms with Gasteiger partial charge in [-0.3, -0.25) is 4.79 Å². The molecule has 1 aliphatic rings. The number of benzene rings is 1. The van der Waals surface area contributed by atoms with Crippen LogP contribution >= 0.6 is 0 Å². The first kappa shape index (κ1) is 13.0. The fourth-order valence-corrected chi connectivity index (χ4v) is 2.15. The second kappa shape index (κ2) is 5.46. The summed E-state index contributed by atoms with van der Waals surface area (Å²) in [6, 6.07) is 6.00. The zero-order valence-electron chi connectivity index (χ0n) is 10.3. The SMILES string of the molecule is CC1CN(C(=O)c2ccccc2F)CC(CN)O1. The number of hydrogen-bond donors (Lipinski definition) is 1. The molecular weight excluding hydrogens is 235 g/mol. The highest BCUT2D eigenvalue weighted by Gasteiger charge is 2.29. The second-order valence-corrected chi connectivity index (χ2v) is 4.49. The van der Waals surface area contributed by atoms with Gasteiger partial charge < -0.3 is 15.4 Å². The van der Waals surface area contributed by atoms with Crippen LogP contribution in [-0.2, 0) is 4.74 Å². The Labute approximate surface area is 106 Å². The summed E-state index contributed by atoms with van der Waals surface area (Å²) in [6.07, 6.45) is -0.257. The van der Waals surface area contributed by atoms with Crippen LogP contribution in [0.2, 0.25) is 0 Å². The molecule has 1 saturated heterocycles.